The number of methoxy groups -OCH3 is 1. The molecule has 214 valence electrons. The Morgan fingerprint density at radius 2 is 1.75 bits per heavy atom. The maximum absolute atomic E-state index is 13.6. The number of carbonyl (C=O) groups excluding carboxylic acids is 3. The monoisotopic (exact) mass is 557 g/mol. The van der Waals surface area contributed by atoms with Crippen molar-refractivity contribution in [2.45, 2.75) is 75.3 Å². The van der Waals surface area contributed by atoms with Crippen molar-refractivity contribution in [3.8, 4) is 17.2 Å². The molecule has 1 saturated heterocycles. The lowest BCUT2D eigenvalue weighted by atomic mass is 9.66. The Kier molecular flexibility index (Phi) is 6.87. The number of carbonyl (C=O) groups is 3. The van der Waals surface area contributed by atoms with Gasteiger partial charge in [0.05, 0.1) is 47.7 Å². The maximum Gasteiger partial charge on any atom is 0.316 e. The number of aromatic hydroxyl groups is 3. The summed E-state index contributed by atoms with van der Waals surface area (Å²) in [5.74, 6) is -6.33. The smallest absolute Gasteiger partial charge is 0.316 e. The van der Waals surface area contributed by atoms with Gasteiger partial charge in [0.2, 0.25) is 5.78 Å². The second-order valence-corrected chi connectivity index (χ2v) is 10.5. The second-order valence-electron chi connectivity index (χ2n) is 10.5. The number of rotatable bonds is 4. The number of benzene rings is 2. The van der Waals surface area contributed by atoms with E-state index in [1.54, 1.807) is 13.8 Å². The topological polar surface area (TPSA) is 206 Å². The van der Waals surface area contributed by atoms with Crippen molar-refractivity contribution in [3.63, 3.8) is 0 Å². The van der Waals surface area contributed by atoms with Gasteiger partial charge in [0.1, 0.15) is 23.2 Å². The highest BCUT2D eigenvalue weighted by Gasteiger charge is 2.54. The average Bonchev–Trinajstić information content (AvgIpc) is 2.91. The summed E-state index contributed by atoms with van der Waals surface area (Å²) in [6, 6.07) is 3.14. The molecule has 0 saturated carbocycles. The van der Waals surface area contributed by atoms with Crippen molar-refractivity contribution in [2.24, 2.45) is 5.73 Å². The molecule has 0 unspecified atom stereocenters. The molecule has 1 aliphatic heterocycles. The van der Waals surface area contributed by atoms with E-state index in [1.807, 2.05) is 0 Å². The first kappa shape index (κ1) is 28.0. The van der Waals surface area contributed by atoms with Crippen LogP contribution in [0.25, 0.3) is 0 Å². The average molecular weight is 558 g/mol. The van der Waals surface area contributed by atoms with Crippen molar-refractivity contribution in [2.75, 3.05) is 7.11 Å². The number of esters is 1. The van der Waals surface area contributed by atoms with Crippen LogP contribution in [0.3, 0.4) is 0 Å². The van der Waals surface area contributed by atoms with Gasteiger partial charge in [0.15, 0.2) is 12.1 Å². The van der Waals surface area contributed by atoms with Crippen LogP contribution in [-0.4, -0.2) is 80.3 Å². The van der Waals surface area contributed by atoms with Gasteiger partial charge in [0.25, 0.3) is 0 Å². The number of aliphatic hydroxyl groups is 2. The zero-order valence-corrected chi connectivity index (χ0v) is 22.1. The van der Waals surface area contributed by atoms with Gasteiger partial charge < -0.3 is 45.5 Å². The zero-order chi connectivity index (χ0) is 29.3. The molecular weight excluding hydrogens is 526 g/mol. The molecule has 7 atom stereocenters. The molecular formula is C28H31NO11. The Balaban J connectivity index is 1.76. The highest BCUT2D eigenvalue weighted by atomic mass is 16.7. The van der Waals surface area contributed by atoms with Crippen molar-refractivity contribution < 1.29 is 54.1 Å². The van der Waals surface area contributed by atoms with Crippen molar-refractivity contribution in [1.29, 1.82) is 0 Å². The molecule has 7 N–H and O–H groups in total. The summed E-state index contributed by atoms with van der Waals surface area (Å²) in [6.07, 6.45) is -4.24. The molecule has 2 aromatic carbocycles. The van der Waals surface area contributed by atoms with Crippen LogP contribution in [0.5, 0.6) is 17.2 Å². The predicted octanol–water partition coefficient (Wildman–Crippen LogP) is 1.26. The summed E-state index contributed by atoms with van der Waals surface area (Å²) in [5.41, 5.74) is 1.96. The Morgan fingerprint density at radius 3 is 2.38 bits per heavy atom. The Bertz CT molecular complexity index is 1410. The zero-order valence-electron chi connectivity index (χ0n) is 22.1. The lowest BCUT2D eigenvalue weighted by Crippen LogP contribution is -2.52. The van der Waals surface area contributed by atoms with Crippen LogP contribution < -0.4 is 5.73 Å². The number of nitrogens with two attached hydrogens (primary N) is 1. The third-order valence-corrected chi connectivity index (χ3v) is 8.29. The maximum atomic E-state index is 13.6. The minimum atomic E-state index is -1.87. The molecule has 1 heterocycles. The lowest BCUT2D eigenvalue weighted by Gasteiger charge is -2.45. The van der Waals surface area contributed by atoms with Gasteiger partial charge in [-0.3, -0.25) is 14.4 Å². The number of hydrogen-bond donors (Lipinski definition) is 6. The highest BCUT2D eigenvalue weighted by Crippen LogP contribution is 2.57. The van der Waals surface area contributed by atoms with E-state index in [2.05, 4.69) is 0 Å². The molecule has 12 heteroatoms. The Hall–Kier alpha value is -3.55. The third-order valence-electron chi connectivity index (χ3n) is 8.29. The van der Waals surface area contributed by atoms with Crippen LogP contribution in [0, 0.1) is 0 Å². The summed E-state index contributed by atoms with van der Waals surface area (Å²) in [4.78, 5) is 40.2. The summed E-state index contributed by atoms with van der Waals surface area (Å²) >= 11 is 0. The summed E-state index contributed by atoms with van der Waals surface area (Å²) in [6.45, 7) is 3.20. The summed E-state index contributed by atoms with van der Waals surface area (Å²) in [5, 5.41) is 55.4. The van der Waals surface area contributed by atoms with Crippen molar-refractivity contribution in [1.82, 2.24) is 0 Å². The first-order chi connectivity index (χ1) is 18.9. The third kappa shape index (κ3) is 3.98. The minimum absolute atomic E-state index is 0.0207. The SMILES string of the molecule is CC[C@]1(O)C[C@H](O[C@@H]2C[C@H](N)[C@H](O)[C@H](C)O2)c2c(O)c3c(c(O)c2[C@@H]1C(=O)OC)C(=O)c1cccc(O)c1C3=O. The van der Waals surface area contributed by atoms with Crippen LogP contribution in [0.1, 0.15) is 88.1 Å². The quantitative estimate of drug-likeness (QED) is 0.198. The first-order valence-electron chi connectivity index (χ1n) is 12.9. The van der Waals surface area contributed by atoms with Crippen molar-refractivity contribution in [3.05, 3.63) is 51.6 Å². The van der Waals surface area contributed by atoms with Gasteiger partial charge >= 0.3 is 5.97 Å². The van der Waals surface area contributed by atoms with E-state index in [4.69, 9.17) is 19.9 Å². The van der Waals surface area contributed by atoms with Crippen LogP contribution in [0.2, 0.25) is 0 Å². The van der Waals surface area contributed by atoms with E-state index < -0.39 is 88.1 Å². The van der Waals surface area contributed by atoms with Crippen LogP contribution in [0.15, 0.2) is 18.2 Å². The molecule has 0 amide bonds. The molecule has 0 aromatic heterocycles. The molecule has 2 aromatic rings. The second kappa shape index (κ2) is 9.82. The molecule has 3 aliphatic rings. The van der Waals surface area contributed by atoms with Crippen LogP contribution in [0.4, 0.5) is 0 Å². The van der Waals surface area contributed by atoms with E-state index in [-0.39, 0.29) is 41.5 Å². The first-order valence-corrected chi connectivity index (χ1v) is 12.9. The van der Waals surface area contributed by atoms with Gasteiger partial charge in [0, 0.05) is 35.6 Å². The van der Waals surface area contributed by atoms with Gasteiger partial charge in [-0.05, 0) is 19.4 Å². The fourth-order valence-electron chi connectivity index (χ4n) is 6.13. The van der Waals surface area contributed by atoms with Crippen LogP contribution >= 0.6 is 0 Å². The molecule has 0 bridgehead atoms. The van der Waals surface area contributed by atoms with E-state index in [1.165, 1.54) is 18.2 Å². The standard InChI is InChI=1S/C28H31NO11/c1-4-28(37)9-14(40-15-8-12(29)22(31)10(2)39-15)17-18(21(28)27(36)38-3)26(35)19-20(25(17)34)24(33)16-11(23(19)32)6-5-7-13(16)30/h5-7,10,12,14-15,21-22,30-31,34-35,37H,4,8-9,29H2,1-3H3/t10-,12-,14-,15+,21+,22+,28-/m0/s1. The Morgan fingerprint density at radius 1 is 1.10 bits per heavy atom. The summed E-state index contributed by atoms with van der Waals surface area (Å²) < 4.78 is 16.8. The number of fused-ring (bicyclic) bond motifs is 3. The van der Waals surface area contributed by atoms with Crippen LogP contribution in [-0.2, 0) is 19.0 Å². The number of aliphatic hydroxyl groups excluding tert-OH is 1. The molecule has 5 rings (SSSR count). The van der Waals surface area contributed by atoms with E-state index in [9.17, 15) is 39.9 Å². The highest BCUT2D eigenvalue weighted by molar-refractivity contribution is 6.31. The van der Waals surface area contributed by atoms with E-state index in [0.29, 0.717) is 0 Å². The van der Waals surface area contributed by atoms with E-state index >= 15 is 0 Å². The lowest BCUT2D eigenvalue weighted by molar-refractivity contribution is -0.249. The van der Waals surface area contributed by atoms with Gasteiger partial charge in [-0.2, -0.15) is 0 Å². The molecule has 0 radical (unpaired) electrons. The Labute approximate surface area is 228 Å². The number of phenols is 3. The molecule has 0 spiro atoms. The fraction of sp³-hybridized carbons (Fsp3) is 0.464. The number of hydrogen-bond acceptors (Lipinski definition) is 12. The van der Waals surface area contributed by atoms with Gasteiger partial charge in [-0.1, -0.05) is 19.1 Å². The molecule has 12 nitrogen and oxygen atoms in total. The number of ketones is 2. The molecule has 2 aliphatic carbocycles. The van der Waals surface area contributed by atoms with Crippen molar-refractivity contribution >= 4 is 17.5 Å². The number of ether oxygens (including phenoxy) is 3. The van der Waals surface area contributed by atoms with E-state index in [0.717, 1.165) is 7.11 Å². The number of phenolic OH excluding ortho intramolecular Hbond substituents is 3. The molecule has 40 heavy (non-hydrogen) atoms. The summed E-state index contributed by atoms with van der Waals surface area (Å²) in [7, 11) is 1.09. The van der Waals surface area contributed by atoms with Gasteiger partial charge in [-0.25, -0.2) is 0 Å². The minimum Gasteiger partial charge on any atom is -0.507 e. The van der Waals surface area contributed by atoms with Gasteiger partial charge in [-0.15, -0.1) is 0 Å². The molecule has 1 fully saturated rings. The fourth-order valence-corrected chi connectivity index (χ4v) is 6.13. The predicted molar refractivity (Wildman–Crippen MR) is 136 cm³/mol. The largest absolute Gasteiger partial charge is 0.507 e. The normalized spacial score (nSPS) is 31.2.